The summed E-state index contributed by atoms with van der Waals surface area (Å²) in [6.07, 6.45) is 1.59. The Morgan fingerprint density at radius 3 is 3.06 bits per heavy atom. The lowest BCUT2D eigenvalue weighted by molar-refractivity contribution is 0.580. The highest BCUT2D eigenvalue weighted by Gasteiger charge is 2.06. The first-order valence-electron chi connectivity index (χ1n) is 5.72. The Morgan fingerprint density at radius 1 is 1.44 bits per heavy atom. The van der Waals surface area contributed by atoms with Crippen molar-refractivity contribution < 1.29 is 4.39 Å². The summed E-state index contributed by atoms with van der Waals surface area (Å²) in [6.45, 7) is 3.81. The molecule has 0 fully saturated rings. The average Bonchev–Trinajstić information content (AvgIpc) is 2.79. The second-order valence-corrected chi connectivity index (χ2v) is 4.31. The van der Waals surface area contributed by atoms with Gasteiger partial charge in [-0.15, -0.1) is 0 Å². The van der Waals surface area contributed by atoms with E-state index in [1.165, 1.54) is 12.1 Å². The van der Waals surface area contributed by atoms with Crippen molar-refractivity contribution in [2.24, 2.45) is 0 Å². The van der Waals surface area contributed by atoms with Crippen LogP contribution in [-0.4, -0.2) is 21.3 Å². The predicted molar refractivity (Wildman–Crippen MR) is 67.9 cm³/mol. The SMILES string of the molecule is CCNCc1ncn(Cc2cc(Cl)ccc2F)n1. The second kappa shape index (κ2) is 5.93. The zero-order valence-electron chi connectivity index (χ0n) is 10.0. The first-order valence-corrected chi connectivity index (χ1v) is 6.10. The molecule has 0 unspecified atom stereocenters. The normalized spacial score (nSPS) is 10.8. The molecule has 2 rings (SSSR count). The zero-order valence-corrected chi connectivity index (χ0v) is 10.8. The summed E-state index contributed by atoms with van der Waals surface area (Å²) in [6, 6.07) is 4.48. The van der Waals surface area contributed by atoms with E-state index in [0.29, 0.717) is 29.5 Å². The molecule has 0 saturated heterocycles. The summed E-state index contributed by atoms with van der Waals surface area (Å²) in [5.74, 6) is 0.405. The third kappa shape index (κ3) is 3.27. The number of nitrogens with one attached hydrogen (secondary N) is 1. The van der Waals surface area contributed by atoms with E-state index in [-0.39, 0.29) is 5.82 Å². The fourth-order valence-corrected chi connectivity index (χ4v) is 1.76. The van der Waals surface area contributed by atoms with Crippen molar-refractivity contribution in [3.63, 3.8) is 0 Å². The molecule has 1 heterocycles. The molecule has 1 aromatic heterocycles. The van der Waals surface area contributed by atoms with Crippen molar-refractivity contribution in [1.29, 1.82) is 0 Å². The molecular weight excluding hydrogens is 255 g/mol. The van der Waals surface area contributed by atoms with Crippen LogP contribution in [0.2, 0.25) is 5.02 Å². The largest absolute Gasteiger partial charge is 0.310 e. The van der Waals surface area contributed by atoms with Crippen LogP contribution in [0.25, 0.3) is 0 Å². The van der Waals surface area contributed by atoms with E-state index in [2.05, 4.69) is 15.4 Å². The fourth-order valence-electron chi connectivity index (χ4n) is 1.57. The fraction of sp³-hybridized carbons (Fsp3) is 0.333. The van der Waals surface area contributed by atoms with Crippen LogP contribution in [-0.2, 0) is 13.1 Å². The number of nitrogens with zero attached hydrogens (tertiary/aromatic N) is 3. The van der Waals surface area contributed by atoms with Crippen LogP contribution in [0.4, 0.5) is 4.39 Å². The minimum atomic E-state index is -0.289. The zero-order chi connectivity index (χ0) is 13.0. The number of hydrogen-bond donors (Lipinski definition) is 1. The van der Waals surface area contributed by atoms with Gasteiger partial charge < -0.3 is 5.32 Å². The maximum atomic E-state index is 13.5. The van der Waals surface area contributed by atoms with Crippen LogP contribution in [0.5, 0.6) is 0 Å². The lowest BCUT2D eigenvalue weighted by Gasteiger charge is -2.03. The molecule has 2 aromatic rings. The molecule has 0 aliphatic heterocycles. The van der Waals surface area contributed by atoms with Gasteiger partial charge in [0, 0.05) is 10.6 Å². The van der Waals surface area contributed by atoms with Crippen LogP contribution in [0, 0.1) is 5.82 Å². The van der Waals surface area contributed by atoms with Gasteiger partial charge >= 0.3 is 0 Å². The highest BCUT2D eigenvalue weighted by molar-refractivity contribution is 6.30. The third-order valence-corrected chi connectivity index (χ3v) is 2.69. The summed E-state index contributed by atoms with van der Waals surface area (Å²) in [5, 5.41) is 7.89. The lowest BCUT2D eigenvalue weighted by Crippen LogP contribution is -2.13. The Labute approximate surface area is 110 Å². The first kappa shape index (κ1) is 13.0. The second-order valence-electron chi connectivity index (χ2n) is 3.87. The van der Waals surface area contributed by atoms with Gasteiger partial charge in [-0.2, -0.15) is 5.10 Å². The van der Waals surface area contributed by atoms with Crippen LogP contribution in [0.15, 0.2) is 24.5 Å². The number of aromatic nitrogens is 3. The Hall–Kier alpha value is -1.46. The summed E-state index contributed by atoms with van der Waals surface area (Å²) in [4.78, 5) is 4.14. The van der Waals surface area contributed by atoms with Crippen LogP contribution < -0.4 is 5.32 Å². The number of hydrogen-bond acceptors (Lipinski definition) is 3. The van der Waals surface area contributed by atoms with Crippen molar-refractivity contribution in [3.8, 4) is 0 Å². The van der Waals surface area contributed by atoms with Crippen molar-refractivity contribution in [2.75, 3.05) is 6.54 Å². The number of halogens is 2. The molecule has 6 heteroatoms. The van der Waals surface area contributed by atoms with Gasteiger partial charge in [0.15, 0.2) is 5.82 Å². The van der Waals surface area contributed by atoms with Gasteiger partial charge in [0.1, 0.15) is 12.1 Å². The summed E-state index contributed by atoms with van der Waals surface area (Å²) in [5.41, 5.74) is 0.502. The molecular formula is C12H14ClFN4. The van der Waals surface area contributed by atoms with Gasteiger partial charge in [-0.1, -0.05) is 18.5 Å². The first-order chi connectivity index (χ1) is 8.69. The molecule has 0 aliphatic carbocycles. The van der Waals surface area contributed by atoms with E-state index in [0.717, 1.165) is 6.54 Å². The van der Waals surface area contributed by atoms with Gasteiger partial charge in [0.2, 0.25) is 0 Å². The molecule has 18 heavy (non-hydrogen) atoms. The molecule has 0 bridgehead atoms. The Morgan fingerprint density at radius 2 is 2.28 bits per heavy atom. The predicted octanol–water partition coefficient (Wildman–Crippen LogP) is 2.23. The van der Waals surface area contributed by atoms with Crippen molar-refractivity contribution >= 4 is 11.6 Å². The highest BCUT2D eigenvalue weighted by Crippen LogP contribution is 2.15. The Balaban J connectivity index is 2.08. The summed E-state index contributed by atoms with van der Waals surface area (Å²) >= 11 is 5.83. The van der Waals surface area contributed by atoms with Gasteiger partial charge in [0.05, 0.1) is 13.1 Å². The molecule has 0 atom stereocenters. The highest BCUT2D eigenvalue weighted by atomic mass is 35.5. The molecule has 96 valence electrons. The molecule has 1 aromatic carbocycles. The number of rotatable bonds is 5. The third-order valence-electron chi connectivity index (χ3n) is 2.46. The monoisotopic (exact) mass is 268 g/mol. The maximum Gasteiger partial charge on any atom is 0.164 e. The standard InChI is InChI=1S/C12H14ClFN4/c1-2-15-6-12-16-8-18(17-12)7-9-5-10(13)3-4-11(9)14/h3-5,8,15H,2,6-7H2,1H3. The smallest absolute Gasteiger partial charge is 0.164 e. The lowest BCUT2D eigenvalue weighted by atomic mass is 10.2. The molecule has 1 N–H and O–H groups in total. The van der Waals surface area contributed by atoms with Gasteiger partial charge in [-0.25, -0.2) is 14.1 Å². The Bertz CT molecular complexity index is 527. The molecule has 0 radical (unpaired) electrons. The van der Waals surface area contributed by atoms with Crippen molar-refractivity contribution in [3.05, 3.63) is 46.8 Å². The minimum absolute atomic E-state index is 0.289. The van der Waals surface area contributed by atoms with Gasteiger partial charge in [-0.3, -0.25) is 0 Å². The number of benzene rings is 1. The molecule has 0 amide bonds. The average molecular weight is 269 g/mol. The molecule has 0 saturated carbocycles. The van der Waals surface area contributed by atoms with E-state index in [9.17, 15) is 4.39 Å². The molecule has 0 aliphatic rings. The summed E-state index contributed by atoms with van der Waals surface area (Å²) < 4.78 is 15.1. The van der Waals surface area contributed by atoms with Gasteiger partial charge in [0.25, 0.3) is 0 Å². The summed E-state index contributed by atoms with van der Waals surface area (Å²) in [7, 11) is 0. The van der Waals surface area contributed by atoms with E-state index < -0.39 is 0 Å². The molecule has 0 spiro atoms. The van der Waals surface area contributed by atoms with Crippen molar-refractivity contribution in [1.82, 2.24) is 20.1 Å². The van der Waals surface area contributed by atoms with Crippen LogP contribution in [0.3, 0.4) is 0 Å². The van der Waals surface area contributed by atoms with Crippen molar-refractivity contribution in [2.45, 2.75) is 20.0 Å². The van der Waals surface area contributed by atoms with Crippen LogP contribution in [0.1, 0.15) is 18.3 Å². The molecule has 4 nitrogen and oxygen atoms in total. The van der Waals surface area contributed by atoms with E-state index >= 15 is 0 Å². The van der Waals surface area contributed by atoms with E-state index in [1.54, 1.807) is 17.1 Å². The quantitative estimate of drug-likeness (QED) is 0.904. The van der Waals surface area contributed by atoms with Crippen LogP contribution >= 0.6 is 11.6 Å². The van der Waals surface area contributed by atoms with E-state index in [4.69, 9.17) is 11.6 Å². The Kier molecular flexibility index (Phi) is 4.28. The van der Waals surface area contributed by atoms with Gasteiger partial charge in [-0.05, 0) is 24.7 Å². The maximum absolute atomic E-state index is 13.5. The topological polar surface area (TPSA) is 42.7 Å². The minimum Gasteiger partial charge on any atom is -0.310 e. The van der Waals surface area contributed by atoms with E-state index in [1.807, 2.05) is 6.92 Å².